The summed E-state index contributed by atoms with van der Waals surface area (Å²) in [4.78, 5) is -0.351. The molecule has 4 nitrogen and oxygen atoms in total. The first-order valence-corrected chi connectivity index (χ1v) is 8.39. The molecule has 0 amide bonds. The van der Waals surface area contributed by atoms with Gasteiger partial charge in [-0.2, -0.15) is 0 Å². The van der Waals surface area contributed by atoms with Gasteiger partial charge in [0, 0.05) is 4.47 Å². The molecule has 0 saturated carbocycles. The van der Waals surface area contributed by atoms with E-state index in [1.54, 1.807) is 12.1 Å². The van der Waals surface area contributed by atoms with Crippen molar-refractivity contribution < 1.29 is 12.8 Å². The van der Waals surface area contributed by atoms with Crippen molar-refractivity contribution in [2.75, 3.05) is 10.5 Å². The van der Waals surface area contributed by atoms with Crippen LogP contribution >= 0.6 is 27.5 Å². The molecule has 0 heterocycles. The van der Waals surface area contributed by atoms with Crippen LogP contribution in [0.4, 0.5) is 15.8 Å². The molecule has 2 aromatic rings. The normalized spacial score (nSPS) is 11.4. The van der Waals surface area contributed by atoms with E-state index in [-0.39, 0.29) is 21.3 Å². The van der Waals surface area contributed by atoms with Crippen molar-refractivity contribution in [3.8, 4) is 0 Å². The molecule has 0 spiro atoms. The van der Waals surface area contributed by atoms with Gasteiger partial charge in [-0.3, -0.25) is 4.72 Å². The van der Waals surface area contributed by atoms with Gasteiger partial charge in [-0.15, -0.1) is 0 Å². The summed E-state index contributed by atoms with van der Waals surface area (Å²) in [6.45, 7) is 1.82. The molecule has 0 radical (unpaired) electrons. The lowest BCUT2D eigenvalue weighted by molar-refractivity contribution is 0.595. The zero-order valence-corrected chi connectivity index (χ0v) is 14.0. The first kappa shape index (κ1) is 16.1. The van der Waals surface area contributed by atoms with Crippen LogP contribution in [-0.2, 0) is 10.0 Å². The highest BCUT2D eigenvalue weighted by molar-refractivity contribution is 9.10. The fraction of sp³-hybridized carbons (Fsp3) is 0.0769. The number of benzene rings is 2. The number of nitrogen functional groups attached to an aromatic ring is 1. The average Bonchev–Trinajstić information content (AvgIpc) is 2.36. The van der Waals surface area contributed by atoms with Gasteiger partial charge in [0.15, 0.2) is 0 Å². The fourth-order valence-corrected chi connectivity index (χ4v) is 4.19. The quantitative estimate of drug-likeness (QED) is 0.776. The number of halogens is 3. The Hall–Kier alpha value is -1.31. The molecule has 0 aliphatic carbocycles. The average molecular weight is 394 g/mol. The minimum atomic E-state index is -4.06. The maximum atomic E-state index is 13.2. The molecule has 3 N–H and O–H groups in total. The summed E-state index contributed by atoms with van der Waals surface area (Å²) >= 11 is 9.07. The second-order valence-electron chi connectivity index (χ2n) is 4.39. The van der Waals surface area contributed by atoms with Crippen molar-refractivity contribution in [2.45, 2.75) is 11.8 Å². The Morgan fingerprint density at radius 3 is 2.57 bits per heavy atom. The highest BCUT2D eigenvalue weighted by atomic mass is 79.9. The van der Waals surface area contributed by atoms with Crippen LogP contribution in [0.5, 0.6) is 0 Å². The number of nitrogens with one attached hydrogen (secondary N) is 1. The minimum Gasteiger partial charge on any atom is -0.397 e. The van der Waals surface area contributed by atoms with E-state index in [9.17, 15) is 12.8 Å². The molecule has 2 rings (SSSR count). The van der Waals surface area contributed by atoms with Crippen molar-refractivity contribution in [1.29, 1.82) is 0 Å². The van der Waals surface area contributed by atoms with Crippen LogP contribution in [0.15, 0.2) is 39.7 Å². The van der Waals surface area contributed by atoms with Gasteiger partial charge in [-0.1, -0.05) is 11.6 Å². The van der Waals surface area contributed by atoms with E-state index >= 15 is 0 Å². The standard InChI is InChI=1S/C13H11BrClFN2O2S/c1-7-4-9(14)13(11(17)5-7)18-21(19,20)12-6-8(16)2-3-10(12)15/h2-6,18H,17H2,1H3. The molecule has 0 bridgehead atoms. The van der Waals surface area contributed by atoms with Crippen LogP contribution in [0.25, 0.3) is 0 Å². The summed E-state index contributed by atoms with van der Waals surface area (Å²) < 4.78 is 40.7. The monoisotopic (exact) mass is 392 g/mol. The summed E-state index contributed by atoms with van der Waals surface area (Å²) in [5, 5.41) is -0.0781. The van der Waals surface area contributed by atoms with Gasteiger partial charge >= 0.3 is 0 Å². The second kappa shape index (κ2) is 5.82. The molecule has 8 heteroatoms. The number of hydrogen-bond donors (Lipinski definition) is 2. The highest BCUT2D eigenvalue weighted by Crippen LogP contribution is 2.33. The van der Waals surface area contributed by atoms with Crippen molar-refractivity contribution in [3.05, 3.63) is 51.2 Å². The summed E-state index contributed by atoms with van der Waals surface area (Å²) in [5.41, 5.74) is 7.11. The highest BCUT2D eigenvalue weighted by Gasteiger charge is 2.21. The van der Waals surface area contributed by atoms with Gasteiger partial charge < -0.3 is 5.73 Å². The molecule has 112 valence electrons. The third-order valence-electron chi connectivity index (χ3n) is 2.68. The third-order valence-corrected chi connectivity index (χ3v) is 5.14. The maximum absolute atomic E-state index is 13.2. The van der Waals surface area contributed by atoms with Gasteiger partial charge in [-0.05, 0) is 58.7 Å². The fourth-order valence-electron chi connectivity index (χ4n) is 1.75. The molecule has 0 unspecified atom stereocenters. The Kier molecular flexibility index (Phi) is 4.46. The Labute approximate surface area is 135 Å². The molecule has 2 aromatic carbocycles. The van der Waals surface area contributed by atoms with Crippen molar-refractivity contribution in [1.82, 2.24) is 0 Å². The zero-order chi connectivity index (χ0) is 15.8. The number of rotatable bonds is 3. The number of anilines is 2. The maximum Gasteiger partial charge on any atom is 0.263 e. The number of aryl methyl sites for hydroxylation is 1. The first-order valence-electron chi connectivity index (χ1n) is 5.74. The van der Waals surface area contributed by atoms with Crippen LogP contribution in [-0.4, -0.2) is 8.42 Å². The smallest absolute Gasteiger partial charge is 0.263 e. The van der Waals surface area contributed by atoms with E-state index in [0.717, 1.165) is 17.7 Å². The lowest BCUT2D eigenvalue weighted by Crippen LogP contribution is -2.15. The zero-order valence-electron chi connectivity index (χ0n) is 10.8. The summed E-state index contributed by atoms with van der Waals surface area (Å²) in [7, 11) is -4.06. The van der Waals surface area contributed by atoms with Crippen LogP contribution in [0.3, 0.4) is 0 Å². The van der Waals surface area contributed by atoms with E-state index in [1.807, 2.05) is 6.92 Å². The van der Waals surface area contributed by atoms with Crippen LogP contribution in [0.2, 0.25) is 5.02 Å². The van der Waals surface area contributed by atoms with Gasteiger partial charge in [0.25, 0.3) is 10.0 Å². The summed E-state index contributed by atoms with van der Waals surface area (Å²) in [5.74, 6) is -0.698. The second-order valence-corrected chi connectivity index (χ2v) is 7.30. The van der Waals surface area contributed by atoms with E-state index in [0.29, 0.717) is 4.47 Å². The molecule has 0 atom stereocenters. The van der Waals surface area contributed by atoms with Gasteiger partial charge in [0.2, 0.25) is 0 Å². The molecule has 21 heavy (non-hydrogen) atoms. The predicted octanol–water partition coefficient (Wildman–Crippen LogP) is 3.93. The first-order chi connectivity index (χ1) is 9.70. The van der Waals surface area contributed by atoms with Gasteiger partial charge in [0.1, 0.15) is 10.7 Å². The lowest BCUT2D eigenvalue weighted by atomic mass is 10.2. The molecule has 0 saturated heterocycles. The third kappa shape index (κ3) is 3.48. The van der Waals surface area contributed by atoms with E-state index in [4.69, 9.17) is 17.3 Å². The van der Waals surface area contributed by atoms with Gasteiger partial charge in [0.05, 0.1) is 16.4 Å². The molecule has 0 aliphatic rings. The minimum absolute atomic E-state index is 0.0781. The van der Waals surface area contributed by atoms with Crippen LogP contribution in [0.1, 0.15) is 5.56 Å². The Morgan fingerprint density at radius 2 is 1.95 bits per heavy atom. The number of hydrogen-bond acceptors (Lipinski definition) is 3. The Balaban J connectivity index is 2.50. The van der Waals surface area contributed by atoms with Crippen LogP contribution in [0, 0.1) is 12.7 Å². The molecular weight excluding hydrogens is 383 g/mol. The molecule has 0 aromatic heterocycles. The van der Waals surface area contributed by atoms with E-state index < -0.39 is 15.8 Å². The summed E-state index contributed by atoms with van der Waals surface area (Å²) in [6.07, 6.45) is 0. The van der Waals surface area contributed by atoms with Gasteiger partial charge in [-0.25, -0.2) is 12.8 Å². The van der Waals surface area contributed by atoms with Crippen molar-refractivity contribution in [2.24, 2.45) is 0 Å². The molecule has 0 aliphatic heterocycles. The van der Waals surface area contributed by atoms with Crippen LogP contribution < -0.4 is 10.5 Å². The van der Waals surface area contributed by atoms with Crippen molar-refractivity contribution in [3.63, 3.8) is 0 Å². The summed E-state index contributed by atoms with van der Waals surface area (Å²) in [6, 6.07) is 6.44. The topological polar surface area (TPSA) is 72.2 Å². The molecular formula is C13H11BrClFN2O2S. The van der Waals surface area contributed by atoms with Crippen molar-refractivity contribution >= 4 is 48.9 Å². The van der Waals surface area contributed by atoms with E-state index in [1.165, 1.54) is 6.07 Å². The Bertz CT molecular complexity index is 789. The number of nitrogens with two attached hydrogens (primary N) is 1. The largest absolute Gasteiger partial charge is 0.397 e. The molecule has 0 fully saturated rings. The van der Waals surface area contributed by atoms with E-state index in [2.05, 4.69) is 20.7 Å². The Morgan fingerprint density at radius 1 is 1.29 bits per heavy atom. The predicted molar refractivity (Wildman–Crippen MR) is 85.5 cm³/mol. The lowest BCUT2D eigenvalue weighted by Gasteiger charge is -2.14. The SMILES string of the molecule is Cc1cc(N)c(NS(=O)(=O)c2cc(F)ccc2Cl)c(Br)c1. The number of sulfonamides is 1.